The number of hydrogen-bond acceptors (Lipinski definition) is 4. The number of aromatic nitrogens is 1. The smallest absolute Gasteiger partial charge is 0.254 e. The van der Waals surface area contributed by atoms with Gasteiger partial charge in [-0.1, -0.05) is 41.9 Å². The number of hydrogen-bond donors (Lipinski definition) is 1. The molecule has 2 atom stereocenters. The summed E-state index contributed by atoms with van der Waals surface area (Å²) >= 11 is 5.92. The predicted molar refractivity (Wildman–Crippen MR) is 111 cm³/mol. The maximum absolute atomic E-state index is 13.3. The second-order valence-electron chi connectivity index (χ2n) is 7.70. The molecule has 5 rings (SSSR count). The van der Waals surface area contributed by atoms with Gasteiger partial charge in [0.2, 0.25) is 0 Å². The van der Waals surface area contributed by atoms with Crippen molar-refractivity contribution in [2.75, 3.05) is 13.2 Å². The Hall–Kier alpha value is -2.47. The highest BCUT2D eigenvalue weighted by molar-refractivity contribution is 6.29. The SMILES string of the molecule is O=C1c2cc(Cc3ccc(Cl)nc3)c3ccccc3c2CN1[C@H]1CCOC[C@@H]1O. The van der Waals surface area contributed by atoms with Gasteiger partial charge in [0.05, 0.1) is 18.8 Å². The highest BCUT2D eigenvalue weighted by Gasteiger charge is 2.38. The Balaban J connectivity index is 1.56. The first kappa shape index (κ1) is 18.6. The maximum Gasteiger partial charge on any atom is 0.254 e. The van der Waals surface area contributed by atoms with Crippen LogP contribution >= 0.6 is 11.6 Å². The molecule has 29 heavy (non-hydrogen) atoms. The van der Waals surface area contributed by atoms with Gasteiger partial charge >= 0.3 is 0 Å². The van der Waals surface area contributed by atoms with E-state index in [0.29, 0.717) is 31.1 Å². The highest BCUT2D eigenvalue weighted by Crippen LogP contribution is 2.36. The fourth-order valence-corrected chi connectivity index (χ4v) is 4.60. The molecule has 1 N–H and O–H groups in total. The Morgan fingerprint density at radius 1 is 1.21 bits per heavy atom. The molecule has 5 nitrogen and oxygen atoms in total. The normalized spacial score (nSPS) is 21.6. The summed E-state index contributed by atoms with van der Waals surface area (Å²) in [7, 11) is 0. The zero-order valence-corrected chi connectivity index (χ0v) is 16.6. The first-order valence-corrected chi connectivity index (χ1v) is 10.2. The summed E-state index contributed by atoms with van der Waals surface area (Å²) in [6.07, 6.45) is 2.46. The maximum atomic E-state index is 13.3. The number of halogens is 1. The van der Waals surface area contributed by atoms with E-state index in [4.69, 9.17) is 16.3 Å². The van der Waals surface area contributed by atoms with Crippen molar-refractivity contribution in [2.24, 2.45) is 0 Å². The molecule has 0 unspecified atom stereocenters. The Labute approximate surface area is 173 Å². The number of amides is 1. The van der Waals surface area contributed by atoms with Crippen molar-refractivity contribution in [3.05, 3.63) is 76.1 Å². The molecule has 2 aliphatic rings. The van der Waals surface area contributed by atoms with Crippen molar-refractivity contribution in [2.45, 2.75) is 31.5 Å². The van der Waals surface area contributed by atoms with E-state index in [2.05, 4.69) is 17.1 Å². The van der Waals surface area contributed by atoms with Crippen LogP contribution in [0.15, 0.2) is 48.7 Å². The van der Waals surface area contributed by atoms with Crippen LogP contribution in [-0.4, -0.2) is 46.3 Å². The van der Waals surface area contributed by atoms with Gasteiger partial charge in [0.25, 0.3) is 5.91 Å². The molecule has 3 aromatic rings. The minimum absolute atomic E-state index is 0.00724. The van der Waals surface area contributed by atoms with Gasteiger partial charge in [-0.25, -0.2) is 4.98 Å². The summed E-state index contributed by atoms with van der Waals surface area (Å²) in [6, 6.07) is 13.8. The van der Waals surface area contributed by atoms with E-state index >= 15 is 0 Å². The van der Waals surface area contributed by atoms with E-state index in [-0.39, 0.29) is 18.6 Å². The molecule has 6 heteroatoms. The molecule has 1 fully saturated rings. The number of carbonyl (C=O) groups excluding carboxylic acids is 1. The lowest BCUT2D eigenvalue weighted by Crippen LogP contribution is -2.49. The summed E-state index contributed by atoms with van der Waals surface area (Å²) in [4.78, 5) is 19.3. The molecule has 3 heterocycles. The van der Waals surface area contributed by atoms with Crippen LogP contribution in [0.2, 0.25) is 5.15 Å². The Morgan fingerprint density at radius 2 is 2.03 bits per heavy atom. The minimum atomic E-state index is -0.645. The quantitative estimate of drug-likeness (QED) is 0.673. The first-order valence-electron chi connectivity index (χ1n) is 9.82. The Kier molecular flexibility index (Phi) is 4.74. The van der Waals surface area contributed by atoms with Crippen LogP contribution in [0.1, 0.15) is 33.5 Å². The Bertz CT molecular complexity index is 1080. The molecule has 0 bridgehead atoms. The fourth-order valence-electron chi connectivity index (χ4n) is 4.49. The van der Waals surface area contributed by atoms with Gasteiger partial charge in [-0.05, 0) is 52.4 Å². The molecule has 2 aliphatic heterocycles. The van der Waals surface area contributed by atoms with Crippen molar-refractivity contribution in [3.8, 4) is 0 Å². The summed E-state index contributed by atoms with van der Waals surface area (Å²) in [6.45, 7) is 1.37. The zero-order chi connectivity index (χ0) is 20.0. The number of pyridine rings is 1. The van der Waals surface area contributed by atoms with Gasteiger partial charge in [0.1, 0.15) is 5.15 Å². The summed E-state index contributed by atoms with van der Waals surface area (Å²) in [5, 5.41) is 13.1. The van der Waals surface area contributed by atoms with Gasteiger partial charge in [-0.2, -0.15) is 0 Å². The van der Waals surface area contributed by atoms with Crippen molar-refractivity contribution < 1.29 is 14.6 Å². The van der Waals surface area contributed by atoms with E-state index in [0.717, 1.165) is 33.0 Å². The topological polar surface area (TPSA) is 62.7 Å². The van der Waals surface area contributed by atoms with E-state index in [1.807, 2.05) is 29.2 Å². The molecular formula is C23H21ClN2O3. The first-order chi connectivity index (χ1) is 14.1. The predicted octanol–water partition coefficient (Wildman–Crippen LogP) is 3.58. The zero-order valence-electron chi connectivity index (χ0n) is 15.8. The van der Waals surface area contributed by atoms with Gasteiger partial charge < -0.3 is 14.7 Å². The third-order valence-electron chi connectivity index (χ3n) is 5.94. The minimum Gasteiger partial charge on any atom is -0.389 e. The average molecular weight is 409 g/mol. The number of rotatable bonds is 3. The summed E-state index contributed by atoms with van der Waals surface area (Å²) in [5.74, 6) is -0.00724. The van der Waals surface area contributed by atoms with Crippen molar-refractivity contribution in [3.63, 3.8) is 0 Å². The monoisotopic (exact) mass is 408 g/mol. The van der Waals surface area contributed by atoms with Crippen molar-refractivity contribution >= 4 is 28.3 Å². The van der Waals surface area contributed by atoms with Gasteiger partial charge in [-0.15, -0.1) is 0 Å². The van der Waals surface area contributed by atoms with E-state index in [1.165, 1.54) is 0 Å². The fraction of sp³-hybridized carbons (Fsp3) is 0.304. The molecule has 0 aliphatic carbocycles. The van der Waals surface area contributed by atoms with Crippen LogP contribution in [-0.2, 0) is 17.7 Å². The molecule has 2 aromatic carbocycles. The van der Waals surface area contributed by atoms with Crippen LogP contribution in [0.5, 0.6) is 0 Å². The number of aliphatic hydroxyl groups excluding tert-OH is 1. The van der Waals surface area contributed by atoms with E-state index < -0.39 is 6.10 Å². The van der Waals surface area contributed by atoms with E-state index in [9.17, 15) is 9.90 Å². The number of nitrogens with zero attached hydrogens (tertiary/aromatic N) is 2. The number of fused-ring (bicyclic) bond motifs is 3. The summed E-state index contributed by atoms with van der Waals surface area (Å²) < 4.78 is 5.34. The van der Waals surface area contributed by atoms with Crippen LogP contribution in [0.3, 0.4) is 0 Å². The highest BCUT2D eigenvalue weighted by atomic mass is 35.5. The lowest BCUT2D eigenvalue weighted by atomic mass is 9.93. The van der Waals surface area contributed by atoms with Gasteiger partial charge in [-0.3, -0.25) is 4.79 Å². The molecule has 1 aromatic heterocycles. The number of benzene rings is 2. The number of ether oxygens (including phenoxy) is 1. The molecule has 148 valence electrons. The second-order valence-corrected chi connectivity index (χ2v) is 8.09. The molecule has 1 amide bonds. The molecule has 0 spiro atoms. The molecule has 0 radical (unpaired) electrons. The van der Waals surface area contributed by atoms with Crippen LogP contribution in [0.4, 0.5) is 0 Å². The molecule has 1 saturated heterocycles. The van der Waals surface area contributed by atoms with Crippen LogP contribution < -0.4 is 0 Å². The largest absolute Gasteiger partial charge is 0.389 e. The van der Waals surface area contributed by atoms with Crippen LogP contribution in [0.25, 0.3) is 10.8 Å². The van der Waals surface area contributed by atoms with Crippen LogP contribution in [0, 0.1) is 0 Å². The molecule has 0 saturated carbocycles. The standard InChI is InChI=1S/C23H21ClN2O3/c24-22-6-5-14(11-25-22)9-15-10-18-19(17-4-2-1-3-16(15)17)12-26(23(18)28)20-7-8-29-13-21(20)27/h1-6,10-11,20-21,27H,7-9,12-13H2/t20-,21-/m0/s1. The van der Waals surface area contributed by atoms with Gasteiger partial charge in [0.15, 0.2) is 0 Å². The Morgan fingerprint density at radius 3 is 2.79 bits per heavy atom. The third-order valence-corrected chi connectivity index (χ3v) is 6.16. The average Bonchev–Trinajstić information content (AvgIpc) is 3.07. The van der Waals surface area contributed by atoms with Crippen molar-refractivity contribution in [1.29, 1.82) is 0 Å². The summed E-state index contributed by atoms with van der Waals surface area (Å²) in [5.41, 5.74) is 3.91. The molecular weight excluding hydrogens is 388 g/mol. The lowest BCUT2D eigenvalue weighted by molar-refractivity contribution is -0.0571. The van der Waals surface area contributed by atoms with Crippen molar-refractivity contribution in [1.82, 2.24) is 9.88 Å². The lowest BCUT2D eigenvalue weighted by Gasteiger charge is -2.34. The number of carbonyl (C=O) groups is 1. The number of aliphatic hydroxyl groups is 1. The second kappa shape index (κ2) is 7.41. The van der Waals surface area contributed by atoms with E-state index in [1.54, 1.807) is 12.3 Å². The van der Waals surface area contributed by atoms with Gasteiger partial charge in [0, 0.05) is 24.9 Å². The third kappa shape index (κ3) is 3.29.